The lowest BCUT2D eigenvalue weighted by molar-refractivity contribution is -0.119. The second-order valence-electron chi connectivity index (χ2n) is 9.11. The van der Waals surface area contributed by atoms with Crippen molar-refractivity contribution in [3.05, 3.63) is 59.4 Å². The van der Waals surface area contributed by atoms with E-state index >= 15 is 4.39 Å². The van der Waals surface area contributed by atoms with Crippen molar-refractivity contribution >= 4 is 18.4 Å². The van der Waals surface area contributed by atoms with Crippen LogP contribution in [0.5, 0.6) is 0 Å². The molecular weight excluding hydrogens is 504 g/mol. The number of hydrogen-bond donors (Lipinski definition) is 2. The van der Waals surface area contributed by atoms with Gasteiger partial charge in [-0.3, -0.25) is 9.52 Å². The molecule has 198 valence electrons. The van der Waals surface area contributed by atoms with Crippen molar-refractivity contribution in [1.82, 2.24) is 14.9 Å². The van der Waals surface area contributed by atoms with Gasteiger partial charge in [0.25, 0.3) is 6.43 Å². The second kappa shape index (κ2) is 12.3. The van der Waals surface area contributed by atoms with Gasteiger partial charge in [0, 0.05) is 29.6 Å². The summed E-state index contributed by atoms with van der Waals surface area (Å²) in [5.74, 6) is -2.14. The van der Waals surface area contributed by atoms with E-state index in [4.69, 9.17) is 0 Å². The summed E-state index contributed by atoms with van der Waals surface area (Å²) in [4.78, 5) is 13.3. The minimum Gasteiger partial charge on any atom is -0.340 e. The molecule has 1 saturated heterocycles. The Balaban J connectivity index is 0.000000454. The molecule has 2 aromatic carbocycles. The smallest absolute Gasteiger partial charge is 0.253 e. The predicted octanol–water partition coefficient (Wildman–Crippen LogP) is 5.33. The van der Waals surface area contributed by atoms with Gasteiger partial charge in [0.2, 0.25) is 6.41 Å². The van der Waals surface area contributed by atoms with Crippen molar-refractivity contribution in [2.45, 2.75) is 50.7 Å². The fourth-order valence-corrected chi connectivity index (χ4v) is 5.15. The summed E-state index contributed by atoms with van der Waals surface area (Å²) in [6.45, 7) is 1.99. The number of halogens is 6. The fourth-order valence-electron chi connectivity index (χ4n) is 4.50. The van der Waals surface area contributed by atoms with Crippen LogP contribution in [0, 0.1) is 22.9 Å². The molecule has 1 aliphatic heterocycles. The molecule has 2 aliphatic rings. The van der Waals surface area contributed by atoms with Crippen molar-refractivity contribution in [2.75, 3.05) is 19.6 Å². The van der Waals surface area contributed by atoms with Crippen molar-refractivity contribution in [2.24, 2.45) is 5.41 Å². The molecule has 1 heterocycles. The van der Waals surface area contributed by atoms with Crippen LogP contribution in [0.3, 0.4) is 0 Å². The number of carbonyl (C=O) groups excluding carboxylic acids is 1. The molecule has 11 heteroatoms. The zero-order valence-corrected chi connectivity index (χ0v) is 20.7. The van der Waals surface area contributed by atoms with Crippen LogP contribution in [-0.2, 0) is 11.2 Å². The van der Waals surface area contributed by atoms with Gasteiger partial charge in [0.15, 0.2) is 0 Å². The largest absolute Gasteiger partial charge is 0.340 e. The molecule has 3 atom stereocenters. The fraction of sp³-hybridized carbons (Fsp3) is 0.480. The number of likely N-dealkylation sites (tertiary alicyclic amines) is 1. The Kier molecular flexibility index (Phi) is 9.71. The van der Waals surface area contributed by atoms with Gasteiger partial charge in [-0.1, -0.05) is 18.2 Å². The zero-order chi connectivity index (χ0) is 26.5. The number of alkyl halides is 3. The van der Waals surface area contributed by atoms with Crippen LogP contribution in [0.4, 0.5) is 26.3 Å². The van der Waals surface area contributed by atoms with Gasteiger partial charge in [0.1, 0.15) is 23.5 Å². The molecule has 2 N–H and O–H groups in total. The van der Waals surface area contributed by atoms with Gasteiger partial charge in [-0.05, 0) is 68.4 Å². The Morgan fingerprint density at radius 3 is 2.33 bits per heavy atom. The Labute approximate surface area is 210 Å². The van der Waals surface area contributed by atoms with Crippen LogP contribution in [0.2, 0.25) is 0 Å². The molecule has 4 nitrogen and oxygen atoms in total. The van der Waals surface area contributed by atoms with Crippen LogP contribution < -0.4 is 10.0 Å². The topological polar surface area (TPSA) is 44.4 Å². The van der Waals surface area contributed by atoms with E-state index in [2.05, 4.69) is 10.0 Å². The number of rotatable bonds is 9. The third-order valence-electron chi connectivity index (χ3n) is 6.78. The molecule has 4 rings (SSSR count). The zero-order valence-electron chi connectivity index (χ0n) is 19.9. The van der Waals surface area contributed by atoms with Gasteiger partial charge in [-0.15, -0.1) is 0 Å². The SMILES string of the molecule is CNC(C)C(F)F.O=CN1CC2(CC2)C(NSCF)C1Cc1cccc(-c2cc(F)cc(F)c2)c1F. The van der Waals surface area contributed by atoms with E-state index < -0.39 is 35.9 Å². The predicted molar refractivity (Wildman–Crippen MR) is 129 cm³/mol. The summed E-state index contributed by atoms with van der Waals surface area (Å²) < 4.78 is 81.0. The Bertz CT molecular complexity index is 1020. The highest BCUT2D eigenvalue weighted by Crippen LogP contribution is 2.55. The van der Waals surface area contributed by atoms with Gasteiger partial charge >= 0.3 is 0 Å². The summed E-state index contributed by atoms with van der Waals surface area (Å²) in [6.07, 6.45) is 0.607. The second-order valence-corrected chi connectivity index (χ2v) is 9.85. The molecule has 2 fully saturated rings. The first-order chi connectivity index (χ1) is 17.2. The van der Waals surface area contributed by atoms with Crippen molar-refractivity contribution in [3.8, 4) is 11.1 Å². The van der Waals surface area contributed by atoms with Crippen LogP contribution >= 0.6 is 11.9 Å². The van der Waals surface area contributed by atoms with Crippen molar-refractivity contribution in [3.63, 3.8) is 0 Å². The minimum atomic E-state index is -2.25. The van der Waals surface area contributed by atoms with Gasteiger partial charge in [-0.25, -0.2) is 26.3 Å². The highest BCUT2D eigenvalue weighted by Gasteiger charge is 2.59. The maximum atomic E-state index is 15.3. The Morgan fingerprint density at radius 1 is 1.17 bits per heavy atom. The first-order valence-corrected chi connectivity index (χ1v) is 12.5. The maximum Gasteiger partial charge on any atom is 0.253 e. The highest BCUT2D eigenvalue weighted by molar-refractivity contribution is 7.97. The van der Waals surface area contributed by atoms with E-state index in [-0.39, 0.29) is 35.0 Å². The molecular formula is C25H29F6N3OS. The van der Waals surface area contributed by atoms with E-state index in [1.165, 1.54) is 20.0 Å². The molecule has 2 aromatic rings. The number of carbonyl (C=O) groups is 1. The summed E-state index contributed by atoms with van der Waals surface area (Å²) >= 11 is 0.946. The normalized spacial score (nSPS) is 20.9. The van der Waals surface area contributed by atoms with Crippen LogP contribution in [-0.4, -0.2) is 55.5 Å². The molecule has 0 radical (unpaired) electrons. The van der Waals surface area contributed by atoms with Crippen molar-refractivity contribution in [1.29, 1.82) is 0 Å². The van der Waals surface area contributed by atoms with Crippen LogP contribution in [0.1, 0.15) is 25.3 Å². The number of benzene rings is 2. The average Bonchev–Trinajstić information content (AvgIpc) is 3.56. The van der Waals surface area contributed by atoms with E-state index in [9.17, 15) is 26.7 Å². The van der Waals surface area contributed by atoms with Crippen LogP contribution in [0.15, 0.2) is 36.4 Å². The summed E-state index contributed by atoms with van der Waals surface area (Å²) in [6, 6.07) is 5.84. The standard InChI is InChI=1S/C21H20F4N2OS.C4H9F2N/c22-11-29-26-20-18(27(12-28)10-21(20)4-5-21)8-13-2-1-3-17(19(13)25)14-6-15(23)9-16(24)7-14;1-3(7-2)4(5)6/h1-3,6-7,9,12,18,20,26H,4-5,8,10-11H2;3-4,7H,1-2H3. The summed E-state index contributed by atoms with van der Waals surface area (Å²) in [5, 5.41) is 2.41. The maximum absolute atomic E-state index is 15.3. The molecule has 1 saturated carbocycles. The van der Waals surface area contributed by atoms with E-state index in [1.807, 2.05) is 0 Å². The van der Waals surface area contributed by atoms with E-state index in [1.54, 1.807) is 17.0 Å². The number of nitrogens with zero attached hydrogens (tertiary/aromatic N) is 1. The number of nitrogens with one attached hydrogen (secondary N) is 2. The molecule has 36 heavy (non-hydrogen) atoms. The number of hydrogen-bond acceptors (Lipinski definition) is 4. The van der Waals surface area contributed by atoms with E-state index in [0.29, 0.717) is 12.1 Å². The molecule has 1 spiro atoms. The van der Waals surface area contributed by atoms with Gasteiger partial charge in [-0.2, -0.15) is 0 Å². The summed E-state index contributed by atoms with van der Waals surface area (Å²) in [5.41, 5.74) is 0.467. The quantitative estimate of drug-likeness (QED) is 0.260. The molecule has 0 bridgehead atoms. The highest BCUT2D eigenvalue weighted by atomic mass is 32.2. The van der Waals surface area contributed by atoms with Crippen LogP contribution in [0.25, 0.3) is 11.1 Å². The van der Waals surface area contributed by atoms with Gasteiger partial charge in [0.05, 0.1) is 12.1 Å². The monoisotopic (exact) mass is 533 g/mol. The minimum absolute atomic E-state index is 0.0898. The molecule has 0 aromatic heterocycles. The third kappa shape index (κ3) is 6.54. The molecule has 3 unspecified atom stereocenters. The Hall–Kier alpha value is -2.24. The lowest BCUT2D eigenvalue weighted by Crippen LogP contribution is -2.43. The van der Waals surface area contributed by atoms with E-state index in [0.717, 1.165) is 49.4 Å². The lowest BCUT2D eigenvalue weighted by atomic mass is 9.91. The number of amides is 1. The molecule has 1 amide bonds. The lowest BCUT2D eigenvalue weighted by Gasteiger charge is -2.27. The molecule has 1 aliphatic carbocycles. The van der Waals surface area contributed by atoms with Crippen molar-refractivity contribution < 1.29 is 31.1 Å². The average molecular weight is 534 g/mol. The first kappa shape index (κ1) is 28.3. The Morgan fingerprint density at radius 2 is 1.83 bits per heavy atom. The summed E-state index contributed by atoms with van der Waals surface area (Å²) in [7, 11) is 1.51. The van der Waals surface area contributed by atoms with Gasteiger partial charge < -0.3 is 10.2 Å². The third-order valence-corrected chi connectivity index (χ3v) is 7.30. The first-order valence-electron chi connectivity index (χ1n) is 11.5.